The van der Waals surface area contributed by atoms with E-state index in [4.69, 9.17) is 14.2 Å². The van der Waals surface area contributed by atoms with Crippen molar-refractivity contribution in [3.05, 3.63) is 72.9 Å². The minimum atomic E-state index is -0.809. The molecule has 6 nitrogen and oxygen atoms in total. The molecule has 392 valence electrons. The van der Waals surface area contributed by atoms with Crippen LogP contribution in [-0.4, -0.2) is 37.2 Å². The quantitative estimate of drug-likeness (QED) is 0.0199. The molecule has 68 heavy (non-hydrogen) atoms. The molecule has 0 aliphatic heterocycles. The number of ether oxygens (including phenoxy) is 3. The van der Waals surface area contributed by atoms with E-state index in [-0.39, 0.29) is 37.5 Å². The van der Waals surface area contributed by atoms with Crippen LogP contribution in [0.1, 0.15) is 284 Å². The lowest BCUT2D eigenvalue weighted by Gasteiger charge is -2.18. The fourth-order valence-electron chi connectivity index (χ4n) is 8.07. The lowest BCUT2D eigenvalue weighted by molar-refractivity contribution is -0.167. The van der Waals surface area contributed by atoms with Gasteiger partial charge in [0.05, 0.1) is 0 Å². The summed E-state index contributed by atoms with van der Waals surface area (Å²) >= 11 is 0. The highest BCUT2D eigenvalue weighted by Crippen LogP contribution is 2.15. The second-order valence-electron chi connectivity index (χ2n) is 19.2. The molecule has 0 saturated carbocycles. The van der Waals surface area contributed by atoms with Crippen molar-refractivity contribution >= 4 is 17.9 Å². The van der Waals surface area contributed by atoms with Crippen molar-refractivity contribution in [2.75, 3.05) is 13.2 Å². The third kappa shape index (κ3) is 53.8. The van der Waals surface area contributed by atoms with Crippen LogP contribution >= 0.6 is 0 Å². The summed E-state index contributed by atoms with van der Waals surface area (Å²) in [5.41, 5.74) is 0. The van der Waals surface area contributed by atoms with Crippen LogP contribution in [0.2, 0.25) is 0 Å². The molecule has 0 bridgehead atoms. The molecule has 0 fully saturated rings. The van der Waals surface area contributed by atoms with Gasteiger partial charge < -0.3 is 14.2 Å². The molecule has 0 aliphatic rings. The molecule has 0 amide bonds. The molecule has 0 aromatic carbocycles. The van der Waals surface area contributed by atoms with Crippen molar-refractivity contribution in [2.45, 2.75) is 290 Å². The summed E-state index contributed by atoms with van der Waals surface area (Å²) in [7, 11) is 0. The summed E-state index contributed by atoms with van der Waals surface area (Å²) in [5, 5.41) is 0. The predicted octanol–water partition coefficient (Wildman–Crippen LogP) is 19.4. The van der Waals surface area contributed by atoms with E-state index in [9.17, 15) is 14.4 Å². The van der Waals surface area contributed by atoms with E-state index in [0.717, 1.165) is 83.5 Å². The average Bonchev–Trinajstić information content (AvgIpc) is 3.34. The standard InChI is InChI=1S/C62H108O6/c1-4-7-10-13-16-19-22-25-28-30-32-34-37-40-43-46-49-52-55-61(64)67-58-59(57-66-60(63)54-51-48-45-42-39-36-33-27-24-21-18-15-12-9-6-3)68-62(65)56-53-50-47-44-41-38-35-31-29-26-23-20-17-14-11-8-5-2/h17,20,26,28-30,32,34-35,38,44,47,59H,4-16,18-19,21-25,27,31,33,36-37,39-43,45-46,48-58H2,1-3H3/b20-17-,29-26-,30-28-,34-32-,38-35-,47-44-. The first kappa shape index (κ1) is 64.8. The summed E-state index contributed by atoms with van der Waals surface area (Å²) in [4.78, 5) is 38.1. The van der Waals surface area contributed by atoms with Gasteiger partial charge in [-0.25, -0.2) is 0 Å². The first-order valence-electron chi connectivity index (χ1n) is 29.0. The Labute approximate surface area is 421 Å². The Morgan fingerprint density at radius 1 is 0.309 bits per heavy atom. The molecule has 0 saturated heterocycles. The van der Waals surface area contributed by atoms with Crippen LogP contribution in [0.3, 0.4) is 0 Å². The van der Waals surface area contributed by atoms with E-state index in [2.05, 4.69) is 93.7 Å². The number of hydrogen-bond donors (Lipinski definition) is 0. The molecule has 0 spiro atoms. The maximum absolute atomic E-state index is 12.8. The lowest BCUT2D eigenvalue weighted by Crippen LogP contribution is -2.30. The molecular weight excluding hydrogens is 841 g/mol. The van der Waals surface area contributed by atoms with Crippen LogP contribution in [-0.2, 0) is 28.6 Å². The zero-order valence-electron chi connectivity index (χ0n) is 44.9. The van der Waals surface area contributed by atoms with Crippen LogP contribution in [0.25, 0.3) is 0 Å². The lowest BCUT2D eigenvalue weighted by atomic mass is 10.0. The van der Waals surface area contributed by atoms with Gasteiger partial charge >= 0.3 is 17.9 Å². The van der Waals surface area contributed by atoms with E-state index >= 15 is 0 Å². The molecule has 6 heteroatoms. The number of esters is 3. The Morgan fingerprint density at radius 2 is 0.588 bits per heavy atom. The second kappa shape index (κ2) is 56.4. The fourth-order valence-corrected chi connectivity index (χ4v) is 8.07. The van der Waals surface area contributed by atoms with E-state index < -0.39 is 6.10 Å². The van der Waals surface area contributed by atoms with Gasteiger partial charge in [-0.3, -0.25) is 14.4 Å². The zero-order chi connectivity index (χ0) is 49.3. The highest BCUT2D eigenvalue weighted by molar-refractivity contribution is 5.71. The van der Waals surface area contributed by atoms with Crippen molar-refractivity contribution in [3.8, 4) is 0 Å². The van der Waals surface area contributed by atoms with Crippen molar-refractivity contribution in [1.29, 1.82) is 0 Å². The first-order chi connectivity index (χ1) is 33.5. The summed E-state index contributed by atoms with van der Waals surface area (Å²) in [6.45, 7) is 6.57. The normalized spacial score (nSPS) is 12.6. The molecule has 0 aliphatic carbocycles. The van der Waals surface area contributed by atoms with E-state index in [1.165, 1.54) is 154 Å². The Balaban J connectivity index is 4.48. The van der Waals surface area contributed by atoms with Gasteiger partial charge in [-0.05, 0) is 83.5 Å². The van der Waals surface area contributed by atoms with Gasteiger partial charge in [-0.2, -0.15) is 0 Å². The maximum atomic E-state index is 12.8. The summed E-state index contributed by atoms with van der Waals surface area (Å²) < 4.78 is 16.8. The Bertz CT molecular complexity index is 1270. The average molecular weight is 950 g/mol. The molecular formula is C62H108O6. The first-order valence-corrected chi connectivity index (χ1v) is 29.0. The van der Waals surface area contributed by atoms with Crippen molar-refractivity contribution < 1.29 is 28.6 Å². The van der Waals surface area contributed by atoms with Crippen LogP contribution in [0.5, 0.6) is 0 Å². The number of rotatable bonds is 52. The molecule has 0 rings (SSSR count). The summed E-state index contributed by atoms with van der Waals surface area (Å²) in [5.74, 6) is -0.963. The molecule has 1 unspecified atom stereocenters. The maximum Gasteiger partial charge on any atom is 0.306 e. The van der Waals surface area contributed by atoms with Crippen molar-refractivity contribution in [1.82, 2.24) is 0 Å². The second-order valence-corrected chi connectivity index (χ2v) is 19.2. The largest absolute Gasteiger partial charge is 0.462 e. The summed E-state index contributed by atoms with van der Waals surface area (Å²) in [6.07, 6.45) is 71.8. The fraction of sp³-hybridized carbons (Fsp3) is 0.758. The third-order valence-electron chi connectivity index (χ3n) is 12.5. The van der Waals surface area contributed by atoms with Gasteiger partial charge in [0.2, 0.25) is 0 Å². The Morgan fingerprint density at radius 3 is 0.985 bits per heavy atom. The number of unbranched alkanes of at least 4 members (excludes halogenated alkanes) is 30. The number of carbonyl (C=O) groups excluding carboxylic acids is 3. The highest BCUT2D eigenvalue weighted by Gasteiger charge is 2.19. The molecule has 0 N–H and O–H groups in total. The Hall–Kier alpha value is -3.15. The molecule has 1 atom stereocenters. The van der Waals surface area contributed by atoms with Gasteiger partial charge in [0.25, 0.3) is 0 Å². The number of allylic oxidation sites excluding steroid dienone is 12. The number of carbonyl (C=O) groups is 3. The van der Waals surface area contributed by atoms with Gasteiger partial charge in [0.15, 0.2) is 6.10 Å². The smallest absolute Gasteiger partial charge is 0.306 e. The van der Waals surface area contributed by atoms with Crippen LogP contribution < -0.4 is 0 Å². The zero-order valence-corrected chi connectivity index (χ0v) is 44.9. The molecule has 0 aromatic heterocycles. The molecule has 0 heterocycles. The van der Waals surface area contributed by atoms with Crippen LogP contribution in [0.4, 0.5) is 0 Å². The van der Waals surface area contributed by atoms with Crippen molar-refractivity contribution in [2.24, 2.45) is 0 Å². The minimum Gasteiger partial charge on any atom is -0.462 e. The van der Waals surface area contributed by atoms with E-state index in [1.54, 1.807) is 0 Å². The van der Waals surface area contributed by atoms with Crippen LogP contribution in [0, 0.1) is 0 Å². The highest BCUT2D eigenvalue weighted by atomic mass is 16.6. The monoisotopic (exact) mass is 949 g/mol. The number of hydrogen-bond acceptors (Lipinski definition) is 6. The van der Waals surface area contributed by atoms with Gasteiger partial charge in [0.1, 0.15) is 13.2 Å². The van der Waals surface area contributed by atoms with Crippen LogP contribution in [0.15, 0.2) is 72.9 Å². The van der Waals surface area contributed by atoms with Gasteiger partial charge in [-0.1, -0.05) is 254 Å². The predicted molar refractivity (Wildman–Crippen MR) is 293 cm³/mol. The SMILES string of the molecule is CCCCC/C=C\C/C=C\C/C=C\C/C=C\CCCC(=O)OC(COC(=O)CCCCCCC/C=C\C=C/CCCCCCCCC)COC(=O)CCCCCCCCCCCCCCCCC. The Kier molecular flexibility index (Phi) is 53.8. The topological polar surface area (TPSA) is 78.9 Å². The third-order valence-corrected chi connectivity index (χ3v) is 12.5. The van der Waals surface area contributed by atoms with Crippen molar-refractivity contribution in [3.63, 3.8) is 0 Å². The van der Waals surface area contributed by atoms with Gasteiger partial charge in [-0.15, -0.1) is 0 Å². The van der Waals surface area contributed by atoms with E-state index in [1.807, 2.05) is 0 Å². The van der Waals surface area contributed by atoms with E-state index in [0.29, 0.717) is 19.3 Å². The molecule has 0 radical (unpaired) electrons. The summed E-state index contributed by atoms with van der Waals surface area (Å²) in [6, 6.07) is 0. The molecule has 0 aromatic rings. The minimum absolute atomic E-state index is 0.100. The van der Waals surface area contributed by atoms with Gasteiger partial charge in [0, 0.05) is 19.3 Å².